The number of benzene rings is 1. The summed E-state index contributed by atoms with van der Waals surface area (Å²) in [6.07, 6.45) is -0.319. The van der Waals surface area contributed by atoms with Crippen molar-refractivity contribution in [2.45, 2.75) is 33.3 Å². The Morgan fingerprint density at radius 2 is 1.68 bits per heavy atom. The van der Waals surface area contributed by atoms with Crippen molar-refractivity contribution >= 4 is 22.9 Å². The topological polar surface area (TPSA) is 65.6 Å². The van der Waals surface area contributed by atoms with Gasteiger partial charge in [0.15, 0.2) is 0 Å². The highest BCUT2D eigenvalue weighted by atomic mass is 16.6. The molecular weight excluding hydrogens is 318 g/mol. The van der Waals surface area contributed by atoms with Gasteiger partial charge in [0.2, 0.25) is 0 Å². The maximum atomic E-state index is 12.7. The zero-order chi connectivity index (χ0) is 18.2. The number of H-pyrrole nitrogens is 1. The summed E-state index contributed by atoms with van der Waals surface area (Å²) in [5.41, 5.74) is 2.20. The van der Waals surface area contributed by atoms with Crippen LogP contribution in [0.3, 0.4) is 0 Å². The highest BCUT2D eigenvalue weighted by Gasteiger charge is 2.28. The molecule has 1 fully saturated rings. The summed E-state index contributed by atoms with van der Waals surface area (Å²) < 4.78 is 5.39. The second kappa shape index (κ2) is 6.43. The molecule has 0 bridgehead atoms. The number of carbonyl (C=O) groups is 2. The van der Waals surface area contributed by atoms with Crippen molar-refractivity contribution in [2.24, 2.45) is 0 Å². The number of rotatable bonds is 1. The van der Waals surface area contributed by atoms with Crippen molar-refractivity contribution in [2.75, 3.05) is 26.2 Å². The quantitative estimate of drug-likeness (QED) is 0.865. The molecule has 0 saturated carbocycles. The average molecular weight is 343 g/mol. The van der Waals surface area contributed by atoms with Gasteiger partial charge in [0.25, 0.3) is 5.91 Å². The molecule has 6 nitrogen and oxygen atoms in total. The van der Waals surface area contributed by atoms with E-state index in [1.165, 1.54) is 0 Å². The minimum atomic E-state index is -0.507. The number of aryl methyl sites for hydroxylation is 1. The number of hydrogen-bond donors (Lipinski definition) is 1. The fraction of sp³-hybridized carbons (Fsp3) is 0.474. The second-order valence-electron chi connectivity index (χ2n) is 7.53. The fourth-order valence-electron chi connectivity index (χ4n) is 2.95. The SMILES string of the molecule is Cc1ccc2cc(C(=O)N3CCN(C(=O)OC(C)(C)C)CC3)[nH]c2c1. The van der Waals surface area contributed by atoms with Crippen molar-refractivity contribution in [3.8, 4) is 0 Å². The normalized spacial score (nSPS) is 15.5. The van der Waals surface area contributed by atoms with Crippen LogP contribution in [0, 0.1) is 6.92 Å². The molecule has 134 valence electrons. The van der Waals surface area contributed by atoms with E-state index in [2.05, 4.69) is 4.98 Å². The maximum absolute atomic E-state index is 12.7. The van der Waals surface area contributed by atoms with Crippen molar-refractivity contribution in [1.29, 1.82) is 0 Å². The Bertz CT molecular complexity index is 796. The Balaban J connectivity index is 1.63. The summed E-state index contributed by atoms with van der Waals surface area (Å²) in [5.74, 6) is -0.0299. The molecule has 25 heavy (non-hydrogen) atoms. The van der Waals surface area contributed by atoms with Gasteiger partial charge in [-0.3, -0.25) is 4.79 Å². The summed E-state index contributed by atoms with van der Waals surface area (Å²) in [4.78, 5) is 31.5. The highest BCUT2D eigenvalue weighted by Crippen LogP contribution is 2.19. The molecule has 0 spiro atoms. The van der Waals surface area contributed by atoms with Gasteiger partial charge >= 0.3 is 6.09 Å². The molecule has 1 aliphatic rings. The Labute approximate surface area is 147 Å². The molecule has 1 aliphatic heterocycles. The van der Waals surface area contributed by atoms with Crippen molar-refractivity contribution in [3.63, 3.8) is 0 Å². The summed E-state index contributed by atoms with van der Waals surface area (Å²) in [6.45, 7) is 9.56. The fourth-order valence-corrected chi connectivity index (χ4v) is 2.95. The van der Waals surface area contributed by atoms with Gasteiger partial charge in [0.1, 0.15) is 11.3 Å². The lowest BCUT2D eigenvalue weighted by Crippen LogP contribution is -2.51. The molecule has 0 atom stereocenters. The van der Waals surface area contributed by atoms with E-state index in [1.807, 2.05) is 52.0 Å². The molecular formula is C19H25N3O3. The van der Waals surface area contributed by atoms with E-state index in [-0.39, 0.29) is 12.0 Å². The van der Waals surface area contributed by atoms with Gasteiger partial charge in [-0.05, 0) is 45.4 Å². The molecule has 3 rings (SSSR count). The first-order valence-electron chi connectivity index (χ1n) is 8.59. The van der Waals surface area contributed by atoms with E-state index in [0.29, 0.717) is 31.9 Å². The number of fused-ring (bicyclic) bond motifs is 1. The Hall–Kier alpha value is -2.50. The number of aromatic nitrogens is 1. The number of carbonyl (C=O) groups excluding carboxylic acids is 2. The average Bonchev–Trinajstić information content (AvgIpc) is 2.95. The zero-order valence-electron chi connectivity index (χ0n) is 15.3. The number of nitrogens with zero attached hydrogens (tertiary/aromatic N) is 2. The smallest absolute Gasteiger partial charge is 0.410 e. The van der Waals surface area contributed by atoms with Crippen LogP contribution in [0.1, 0.15) is 36.8 Å². The monoisotopic (exact) mass is 343 g/mol. The van der Waals surface area contributed by atoms with Crippen LogP contribution in [0.2, 0.25) is 0 Å². The molecule has 6 heteroatoms. The second-order valence-corrected chi connectivity index (χ2v) is 7.53. The molecule has 0 unspecified atom stereocenters. The van der Waals surface area contributed by atoms with Gasteiger partial charge in [0, 0.05) is 37.1 Å². The third-order valence-corrected chi connectivity index (χ3v) is 4.23. The van der Waals surface area contributed by atoms with E-state index in [9.17, 15) is 9.59 Å². The van der Waals surface area contributed by atoms with Gasteiger partial charge in [-0.1, -0.05) is 12.1 Å². The van der Waals surface area contributed by atoms with Gasteiger partial charge in [0.05, 0.1) is 0 Å². The molecule has 2 aromatic rings. The molecule has 2 amide bonds. The van der Waals surface area contributed by atoms with Crippen molar-refractivity contribution < 1.29 is 14.3 Å². The van der Waals surface area contributed by atoms with Crippen LogP contribution >= 0.6 is 0 Å². The number of aromatic amines is 1. The third kappa shape index (κ3) is 3.95. The number of piperazine rings is 1. The number of hydrogen-bond acceptors (Lipinski definition) is 3. The Morgan fingerprint density at radius 3 is 2.32 bits per heavy atom. The minimum absolute atomic E-state index is 0.0299. The van der Waals surface area contributed by atoms with Gasteiger partial charge in [-0.2, -0.15) is 0 Å². The first-order chi connectivity index (χ1) is 11.7. The summed E-state index contributed by atoms with van der Waals surface area (Å²) in [5, 5.41) is 1.03. The molecule has 0 aliphatic carbocycles. The Morgan fingerprint density at radius 1 is 1.04 bits per heavy atom. The van der Waals surface area contributed by atoms with Crippen LogP contribution in [0.5, 0.6) is 0 Å². The third-order valence-electron chi connectivity index (χ3n) is 4.23. The lowest BCUT2D eigenvalue weighted by Gasteiger charge is -2.35. The molecule has 1 N–H and O–H groups in total. The lowest BCUT2D eigenvalue weighted by atomic mass is 10.2. The van der Waals surface area contributed by atoms with Crippen LogP contribution in [-0.4, -0.2) is 58.6 Å². The van der Waals surface area contributed by atoms with Crippen molar-refractivity contribution in [3.05, 3.63) is 35.5 Å². The standard InChI is InChI=1S/C19H25N3O3/c1-13-5-6-14-12-16(20-15(14)11-13)17(23)21-7-9-22(10-8-21)18(24)25-19(2,3)4/h5-6,11-12,20H,7-10H2,1-4H3. The first kappa shape index (κ1) is 17.3. The zero-order valence-corrected chi connectivity index (χ0v) is 15.3. The highest BCUT2D eigenvalue weighted by molar-refractivity contribution is 5.98. The predicted molar refractivity (Wildman–Crippen MR) is 96.7 cm³/mol. The van der Waals surface area contributed by atoms with E-state index in [1.54, 1.807) is 9.80 Å². The lowest BCUT2D eigenvalue weighted by molar-refractivity contribution is 0.0140. The summed E-state index contributed by atoms with van der Waals surface area (Å²) >= 11 is 0. The van der Waals surface area contributed by atoms with Crippen LogP contribution in [0.4, 0.5) is 4.79 Å². The molecule has 0 radical (unpaired) electrons. The van der Waals surface area contributed by atoms with Crippen LogP contribution < -0.4 is 0 Å². The molecule has 1 aromatic carbocycles. The van der Waals surface area contributed by atoms with E-state index < -0.39 is 5.60 Å². The van der Waals surface area contributed by atoms with Crippen LogP contribution in [0.25, 0.3) is 10.9 Å². The first-order valence-corrected chi connectivity index (χ1v) is 8.59. The van der Waals surface area contributed by atoms with Gasteiger partial charge in [-0.15, -0.1) is 0 Å². The van der Waals surface area contributed by atoms with Gasteiger partial charge < -0.3 is 19.5 Å². The predicted octanol–water partition coefficient (Wildman–Crippen LogP) is 3.17. The van der Waals surface area contributed by atoms with Crippen LogP contribution in [0.15, 0.2) is 24.3 Å². The molecule has 1 aromatic heterocycles. The van der Waals surface area contributed by atoms with Crippen molar-refractivity contribution in [1.82, 2.24) is 14.8 Å². The largest absolute Gasteiger partial charge is 0.444 e. The molecule has 2 heterocycles. The summed E-state index contributed by atoms with van der Waals surface area (Å²) in [6, 6.07) is 7.96. The molecule has 1 saturated heterocycles. The number of nitrogens with one attached hydrogen (secondary N) is 1. The number of ether oxygens (including phenoxy) is 1. The van der Waals surface area contributed by atoms with E-state index in [4.69, 9.17) is 4.74 Å². The van der Waals surface area contributed by atoms with Crippen LogP contribution in [-0.2, 0) is 4.74 Å². The Kier molecular flexibility index (Phi) is 4.45. The maximum Gasteiger partial charge on any atom is 0.410 e. The number of amides is 2. The van der Waals surface area contributed by atoms with Gasteiger partial charge in [-0.25, -0.2) is 4.79 Å². The van der Waals surface area contributed by atoms with E-state index >= 15 is 0 Å². The summed E-state index contributed by atoms with van der Waals surface area (Å²) in [7, 11) is 0. The van der Waals surface area contributed by atoms with E-state index in [0.717, 1.165) is 16.5 Å². The minimum Gasteiger partial charge on any atom is -0.444 e.